The lowest BCUT2D eigenvalue weighted by molar-refractivity contribution is 0.0227. The van der Waals surface area contributed by atoms with Crippen molar-refractivity contribution in [3.63, 3.8) is 0 Å². The van der Waals surface area contributed by atoms with E-state index < -0.39 is 0 Å². The molecule has 1 aromatic carbocycles. The van der Waals surface area contributed by atoms with E-state index in [4.69, 9.17) is 4.74 Å². The Kier molecular flexibility index (Phi) is 6.13. The van der Waals surface area contributed by atoms with Crippen LogP contribution in [-0.2, 0) is 0 Å². The largest absolute Gasteiger partial charge is 0.494 e. The molecule has 0 unspecified atom stereocenters. The third-order valence-electron chi connectivity index (χ3n) is 4.58. The molecule has 2 N–H and O–H groups in total. The zero-order valence-corrected chi connectivity index (χ0v) is 15.0. The Hall–Kier alpha value is -0.430. The third kappa shape index (κ3) is 4.35. The normalized spacial score (nSPS) is 27.1. The van der Waals surface area contributed by atoms with Gasteiger partial charge in [-0.15, -0.1) is 0 Å². The average Bonchev–Trinajstić information content (AvgIpc) is 2.78. The van der Waals surface area contributed by atoms with Crippen LogP contribution in [0, 0.1) is 11.7 Å². The number of rotatable bonds is 5. The Morgan fingerprint density at radius 2 is 1.96 bits per heavy atom. The van der Waals surface area contributed by atoms with Crippen LogP contribution in [0.3, 0.4) is 0 Å². The molecule has 2 aliphatic rings. The molecule has 2 fully saturated rings. The van der Waals surface area contributed by atoms with Crippen LogP contribution in [0.5, 0.6) is 5.75 Å². The van der Waals surface area contributed by atoms with Gasteiger partial charge in [0.05, 0.1) is 13.2 Å². The van der Waals surface area contributed by atoms with Gasteiger partial charge in [0, 0.05) is 35.1 Å². The number of hydrogen-bond acceptors (Lipinski definition) is 5. The van der Waals surface area contributed by atoms with Crippen LogP contribution in [0.25, 0.3) is 0 Å². The Labute approximate surface area is 145 Å². The number of hydrogen-bond donors (Lipinski definition) is 2. The topological polar surface area (TPSA) is 41.5 Å². The number of aliphatic hydroxyl groups is 1. The highest BCUT2D eigenvalue weighted by Gasteiger charge is 2.36. The Balaban J connectivity index is 1.76. The molecule has 1 aromatic rings. The number of nitrogens with one attached hydrogen (secondary N) is 1. The summed E-state index contributed by atoms with van der Waals surface area (Å²) in [6, 6.07) is 5.76. The molecule has 23 heavy (non-hydrogen) atoms. The number of ether oxygens (including phenoxy) is 1. The van der Waals surface area contributed by atoms with E-state index in [9.17, 15) is 9.50 Å². The first-order chi connectivity index (χ1) is 11.2. The van der Waals surface area contributed by atoms with Crippen molar-refractivity contribution in [3.8, 4) is 5.75 Å². The molecule has 1 saturated heterocycles. The van der Waals surface area contributed by atoms with Crippen molar-refractivity contribution >= 4 is 23.5 Å². The maximum Gasteiger partial charge on any atom is 0.165 e. The van der Waals surface area contributed by atoms with E-state index in [-0.39, 0.29) is 23.7 Å². The molecular weight excluding hydrogens is 333 g/mol. The second kappa shape index (κ2) is 8.10. The average molecular weight is 358 g/mol. The molecular formula is C17H24FNO2S2. The predicted molar refractivity (Wildman–Crippen MR) is 96.0 cm³/mol. The van der Waals surface area contributed by atoms with Crippen molar-refractivity contribution in [3.05, 3.63) is 29.6 Å². The molecule has 0 spiro atoms. The van der Waals surface area contributed by atoms with Crippen molar-refractivity contribution in [1.29, 1.82) is 0 Å². The highest BCUT2D eigenvalue weighted by Crippen LogP contribution is 2.39. The highest BCUT2D eigenvalue weighted by molar-refractivity contribution is 8.03. The lowest BCUT2D eigenvalue weighted by atomic mass is 9.75. The first-order valence-electron chi connectivity index (χ1n) is 8.10. The van der Waals surface area contributed by atoms with E-state index in [1.165, 1.54) is 18.6 Å². The Morgan fingerprint density at radius 3 is 2.52 bits per heavy atom. The van der Waals surface area contributed by atoms with Gasteiger partial charge in [-0.3, -0.25) is 0 Å². The molecule has 1 aliphatic carbocycles. The summed E-state index contributed by atoms with van der Waals surface area (Å²) in [5, 5.41) is 13.4. The molecule has 0 aromatic heterocycles. The minimum atomic E-state index is -0.318. The maximum atomic E-state index is 14.1. The second-order valence-corrected chi connectivity index (χ2v) is 8.57. The maximum absolute atomic E-state index is 14.1. The number of thioether (sulfide) groups is 2. The highest BCUT2D eigenvalue weighted by atomic mass is 32.2. The molecule has 1 aliphatic heterocycles. The monoisotopic (exact) mass is 357 g/mol. The van der Waals surface area contributed by atoms with Gasteiger partial charge in [-0.1, -0.05) is 6.07 Å². The van der Waals surface area contributed by atoms with Gasteiger partial charge in [0.1, 0.15) is 0 Å². The molecule has 128 valence electrons. The quantitative estimate of drug-likeness (QED) is 0.848. The summed E-state index contributed by atoms with van der Waals surface area (Å²) in [6.45, 7) is 0. The molecule has 3 nitrogen and oxygen atoms in total. The smallest absolute Gasteiger partial charge is 0.165 e. The summed E-state index contributed by atoms with van der Waals surface area (Å²) in [5.74, 6) is 4.92. The standard InChI is InChI=1S/C17H24FNO2S2/c1-21-16-3-2-11(8-15(16)18)17(12-6-14(20)7-12)19-13-9-22-4-5-23-10-13/h2-3,8,12-14,17,19-20H,4-7,9-10H2,1H3/t12?,14?,17-/m1/s1. The summed E-state index contributed by atoms with van der Waals surface area (Å²) in [7, 11) is 1.48. The van der Waals surface area contributed by atoms with Crippen LogP contribution in [0.15, 0.2) is 18.2 Å². The van der Waals surface area contributed by atoms with Gasteiger partial charge in [0.2, 0.25) is 0 Å². The molecule has 1 saturated carbocycles. The van der Waals surface area contributed by atoms with Crippen LogP contribution in [0.1, 0.15) is 24.4 Å². The summed E-state index contributed by atoms with van der Waals surface area (Å²) in [4.78, 5) is 0. The fraction of sp³-hybridized carbons (Fsp3) is 0.647. The van der Waals surface area contributed by atoms with E-state index in [0.717, 1.165) is 29.9 Å². The number of aliphatic hydroxyl groups excluding tert-OH is 1. The van der Waals surface area contributed by atoms with Gasteiger partial charge in [0.15, 0.2) is 11.6 Å². The lowest BCUT2D eigenvalue weighted by Gasteiger charge is -2.40. The lowest BCUT2D eigenvalue weighted by Crippen LogP contribution is -2.44. The van der Waals surface area contributed by atoms with E-state index in [1.807, 2.05) is 29.6 Å². The zero-order chi connectivity index (χ0) is 16.2. The summed E-state index contributed by atoms with van der Waals surface area (Å²) in [6.07, 6.45) is 1.38. The first-order valence-corrected chi connectivity index (χ1v) is 10.4. The van der Waals surface area contributed by atoms with Crippen LogP contribution < -0.4 is 10.1 Å². The molecule has 0 amide bonds. The van der Waals surface area contributed by atoms with Crippen LogP contribution >= 0.6 is 23.5 Å². The first kappa shape index (κ1) is 17.4. The van der Waals surface area contributed by atoms with E-state index >= 15 is 0 Å². The Bertz CT molecular complexity index is 517. The minimum Gasteiger partial charge on any atom is -0.494 e. The van der Waals surface area contributed by atoms with E-state index in [1.54, 1.807) is 12.1 Å². The fourth-order valence-electron chi connectivity index (χ4n) is 3.25. The van der Waals surface area contributed by atoms with Gasteiger partial charge in [0.25, 0.3) is 0 Å². The summed E-state index contributed by atoms with van der Waals surface area (Å²) < 4.78 is 19.1. The third-order valence-corrected chi connectivity index (χ3v) is 7.10. The van der Waals surface area contributed by atoms with Crippen molar-refractivity contribution in [2.75, 3.05) is 30.1 Å². The minimum absolute atomic E-state index is 0.100. The van der Waals surface area contributed by atoms with Crippen molar-refractivity contribution in [1.82, 2.24) is 5.32 Å². The molecule has 1 heterocycles. The van der Waals surface area contributed by atoms with Crippen molar-refractivity contribution < 1.29 is 14.2 Å². The zero-order valence-electron chi connectivity index (χ0n) is 13.3. The Morgan fingerprint density at radius 1 is 1.26 bits per heavy atom. The summed E-state index contributed by atoms with van der Waals surface area (Å²) in [5.41, 5.74) is 0.958. The van der Waals surface area contributed by atoms with Gasteiger partial charge >= 0.3 is 0 Å². The fourth-order valence-corrected chi connectivity index (χ4v) is 5.67. The molecule has 1 atom stereocenters. The van der Waals surface area contributed by atoms with Crippen molar-refractivity contribution in [2.24, 2.45) is 5.92 Å². The predicted octanol–water partition coefficient (Wildman–Crippen LogP) is 3.08. The van der Waals surface area contributed by atoms with Gasteiger partial charge in [-0.2, -0.15) is 23.5 Å². The van der Waals surface area contributed by atoms with Gasteiger partial charge < -0.3 is 15.2 Å². The number of methoxy groups -OCH3 is 1. The molecule has 6 heteroatoms. The SMILES string of the molecule is COc1ccc([C@@H](NC2CSCCSC2)C2CC(O)C2)cc1F. The van der Waals surface area contributed by atoms with Crippen molar-refractivity contribution in [2.45, 2.75) is 31.0 Å². The van der Waals surface area contributed by atoms with Crippen LogP contribution in [0.4, 0.5) is 4.39 Å². The summed E-state index contributed by atoms with van der Waals surface area (Å²) >= 11 is 3.96. The molecule has 0 radical (unpaired) electrons. The van der Waals surface area contributed by atoms with E-state index in [2.05, 4.69) is 5.32 Å². The molecule has 0 bridgehead atoms. The number of halogens is 1. The van der Waals surface area contributed by atoms with Crippen LogP contribution in [0.2, 0.25) is 0 Å². The van der Waals surface area contributed by atoms with Gasteiger partial charge in [-0.05, 0) is 36.5 Å². The molecule has 3 rings (SSSR count). The van der Waals surface area contributed by atoms with Gasteiger partial charge in [-0.25, -0.2) is 4.39 Å². The van der Waals surface area contributed by atoms with Crippen LogP contribution in [-0.4, -0.2) is 47.4 Å². The van der Waals surface area contributed by atoms with E-state index in [0.29, 0.717) is 12.0 Å². The number of benzene rings is 1. The second-order valence-electron chi connectivity index (χ2n) is 6.27.